The van der Waals surface area contributed by atoms with E-state index in [0.29, 0.717) is 23.4 Å². The molecular formula is C23H18ClF3N2O. The van der Waals surface area contributed by atoms with Crippen molar-refractivity contribution >= 4 is 28.9 Å². The highest BCUT2D eigenvalue weighted by Gasteiger charge is 2.34. The molecule has 154 valence electrons. The highest BCUT2D eigenvalue weighted by Crippen LogP contribution is 2.40. The molecule has 1 amide bonds. The van der Waals surface area contributed by atoms with Gasteiger partial charge in [0.25, 0.3) is 5.91 Å². The molecule has 0 bridgehead atoms. The smallest absolute Gasteiger partial charge is 0.258 e. The Bertz CT molecular complexity index is 1100. The lowest BCUT2D eigenvalue weighted by Gasteiger charge is -2.40. The fourth-order valence-electron chi connectivity index (χ4n) is 3.80. The summed E-state index contributed by atoms with van der Waals surface area (Å²) >= 11 is 5.85. The van der Waals surface area contributed by atoms with Crippen molar-refractivity contribution in [2.24, 2.45) is 0 Å². The van der Waals surface area contributed by atoms with Crippen LogP contribution in [0.15, 0.2) is 60.7 Å². The Morgan fingerprint density at radius 1 is 1.00 bits per heavy atom. The quantitative estimate of drug-likeness (QED) is 0.525. The number of hydrogen-bond acceptors (Lipinski definition) is 2. The highest BCUT2D eigenvalue weighted by atomic mass is 35.5. The van der Waals surface area contributed by atoms with Gasteiger partial charge < -0.3 is 10.2 Å². The highest BCUT2D eigenvalue weighted by molar-refractivity contribution is 6.31. The van der Waals surface area contributed by atoms with E-state index in [1.165, 1.54) is 36.4 Å². The maximum absolute atomic E-state index is 14.1. The van der Waals surface area contributed by atoms with Crippen LogP contribution in [-0.2, 0) is 0 Å². The van der Waals surface area contributed by atoms with Crippen molar-refractivity contribution in [3.63, 3.8) is 0 Å². The number of amides is 1. The van der Waals surface area contributed by atoms with Crippen LogP contribution in [-0.4, -0.2) is 11.9 Å². The van der Waals surface area contributed by atoms with Crippen molar-refractivity contribution in [1.82, 2.24) is 0 Å². The molecule has 0 fully saturated rings. The van der Waals surface area contributed by atoms with Gasteiger partial charge in [0.05, 0.1) is 11.1 Å². The van der Waals surface area contributed by atoms with E-state index < -0.39 is 11.6 Å². The van der Waals surface area contributed by atoms with E-state index in [-0.39, 0.29) is 34.4 Å². The summed E-state index contributed by atoms with van der Waals surface area (Å²) in [6.45, 7) is 1.88. The maximum atomic E-state index is 14.1. The third kappa shape index (κ3) is 3.87. The van der Waals surface area contributed by atoms with Crippen LogP contribution in [0.2, 0.25) is 5.02 Å². The van der Waals surface area contributed by atoms with E-state index in [4.69, 9.17) is 11.6 Å². The molecule has 7 heteroatoms. The van der Waals surface area contributed by atoms with Gasteiger partial charge in [-0.2, -0.15) is 0 Å². The zero-order valence-corrected chi connectivity index (χ0v) is 16.8. The van der Waals surface area contributed by atoms with Gasteiger partial charge in [-0.1, -0.05) is 11.6 Å². The third-order valence-corrected chi connectivity index (χ3v) is 5.50. The number of rotatable bonds is 3. The Hall–Kier alpha value is -2.99. The minimum absolute atomic E-state index is 0.138. The molecule has 1 N–H and O–H groups in total. The van der Waals surface area contributed by atoms with Crippen molar-refractivity contribution in [3.05, 3.63) is 94.3 Å². The van der Waals surface area contributed by atoms with Gasteiger partial charge in [0.15, 0.2) is 0 Å². The molecule has 0 radical (unpaired) electrons. The molecule has 1 aliphatic heterocycles. The van der Waals surface area contributed by atoms with Gasteiger partial charge in [-0.3, -0.25) is 4.79 Å². The van der Waals surface area contributed by atoms with Crippen LogP contribution in [0.4, 0.5) is 24.5 Å². The van der Waals surface area contributed by atoms with Crippen molar-refractivity contribution in [2.45, 2.75) is 25.4 Å². The molecule has 0 aliphatic carbocycles. The van der Waals surface area contributed by atoms with Crippen LogP contribution in [0.1, 0.15) is 35.3 Å². The zero-order valence-electron chi connectivity index (χ0n) is 16.0. The molecule has 30 heavy (non-hydrogen) atoms. The first-order valence-electron chi connectivity index (χ1n) is 9.43. The van der Waals surface area contributed by atoms with Crippen LogP contribution in [0.25, 0.3) is 0 Å². The first-order valence-corrected chi connectivity index (χ1v) is 9.81. The molecule has 3 aromatic carbocycles. The van der Waals surface area contributed by atoms with Gasteiger partial charge in [-0.05, 0) is 74.0 Å². The lowest BCUT2D eigenvalue weighted by Crippen LogP contribution is -2.44. The topological polar surface area (TPSA) is 32.3 Å². The Balaban J connectivity index is 1.71. The number of anilines is 2. The fraction of sp³-hybridized carbons (Fsp3) is 0.174. The molecule has 4 rings (SSSR count). The summed E-state index contributed by atoms with van der Waals surface area (Å²) in [4.78, 5) is 14.8. The normalized spacial score (nSPS) is 18.1. The van der Waals surface area contributed by atoms with Crippen LogP contribution in [0.5, 0.6) is 0 Å². The number of carbonyl (C=O) groups is 1. The predicted molar refractivity (Wildman–Crippen MR) is 111 cm³/mol. The molecule has 1 heterocycles. The largest absolute Gasteiger partial charge is 0.378 e. The Labute approximate surface area is 177 Å². The van der Waals surface area contributed by atoms with Crippen LogP contribution in [0.3, 0.4) is 0 Å². The van der Waals surface area contributed by atoms with Crippen molar-refractivity contribution < 1.29 is 18.0 Å². The molecule has 0 spiro atoms. The molecule has 0 saturated carbocycles. The number of fused-ring (bicyclic) bond motifs is 1. The van der Waals surface area contributed by atoms with E-state index >= 15 is 0 Å². The first-order chi connectivity index (χ1) is 14.3. The number of carbonyl (C=O) groups excluding carboxylic acids is 1. The lowest BCUT2D eigenvalue weighted by atomic mass is 9.90. The Morgan fingerprint density at radius 2 is 1.70 bits per heavy atom. The van der Waals surface area contributed by atoms with E-state index in [9.17, 15) is 18.0 Å². The van der Waals surface area contributed by atoms with Crippen molar-refractivity contribution in [2.75, 3.05) is 10.2 Å². The maximum Gasteiger partial charge on any atom is 0.258 e. The van der Waals surface area contributed by atoms with E-state index in [0.717, 1.165) is 6.07 Å². The third-order valence-electron chi connectivity index (χ3n) is 5.21. The van der Waals surface area contributed by atoms with Crippen LogP contribution in [0, 0.1) is 17.5 Å². The second-order valence-corrected chi connectivity index (χ2v) is 7.70. The average molecular weight is 431 g/mol. The molecular weight excluding hydrogens is 413 g/mol. The predicted octanol–water partition coefficient (Wildman–Crippen LogP) is 6.35. The van der Waals surface area contributed by atoms with Gasteiger partial charge in [-0.15, -0.1) is 0 Å². The van der Waals surface area contributed by atoms with Gasteiger partial charge in [0.2, 0.25) is 0 Å². The number of nitrogens with one attached hydrogen (secondary N) is 1. The molecule has 0 saturated heterocycles. The van der Waals surface area contributed by atoms with E-state index in [2.05, 4.69) is 5.32 Å². The molecule has 0 aromatic heterocycles. The summed E-state index contributed by atoms with van der Waals surface area (Å²) in [5, 5.41) is 3.16. The van der Waals surface area contributed by atoms with Crippen LogP contribution < -0.4 is 10.2 Å². The SMILES string of the molecule is C[C@H]1C[C@@H](Nc2ccc(F)cc2)c2cc(F)ccc2N1C(=O)c1ccc(F)c(Cl)c1. The van der Waals surface area contributed by atoms with Gasteiger partial charge in [0, 0.05) is 28.5 Å². The molecule has 1 aliphatic rings. The number of hydrogen-bond donors (Lipinski definition) is 1. The minimum atomic E-state index is -0.606. The molecule has 0 unspecified atom stereocenters. The second kappa shape index (κ2) is 8.03. The molecule has 3 nitrogen and oxygen atoms in total. The summed E-state index contributed by atoms with van der Waals surface area (Å²) in [7, 11) is 0. The fourth-order valence-corrected chi connectivity index (χ4v) is 3.98. The molecule has 2 atom stereocenters. The van der Waals surface area contributed by atoms with Gasteiger partial charge in [-0.25, -0.2) is 13.2 Å². The minimum Gasteiger partial charge on any atom is -0.378 e. The van der Waals surface area contributed by atoms with E-state index in [1.54, 1.807) is 23.1 Å². The number of halogens is 4. The van der Waals surface area contributed by atoms with Gasteiger partial charge >= 0.3 is 0 Å². The summed E-state index contributed by atoms with van der Waals surface area (Å²) in [6, 6.07) is 13.4. The first kappa shape index (κ1) is 20.3. The number of benzene rings is 3. The summed E-state index contributed by atoms with van der Waals surface area (Å²) in [5.74, 6) is -1.73. The summed E-state index contributed by atoms with van der Waals surface area (Å²) < 4.78 is 40.8. The van der Waals surface area contributed by atoms with Crippen molar-refractivity contribution in [3.8, 4) is 0 Å². The average Bonchev–Trinajstić information content (AvgIpc) is 2.72. The lowest BCUT2D eigenvalue weighted by molar-refractivity contribution is 0.0974. The van der Waals surface area contributed by atoms with E-state index in [1.807, 2.05) is 6.92 Å². The zero-order chi connectivity index (χ0) is 21.4. The Kier molecular flexibility index (Phi) is 5.43. The van der Waals surface area contributed by atoms with Gasteiger partial charge in [0.1, 0.15) is 17.5 Å². The van der Waals surface area contributed by atoms with Crippen molar-refractivity contribution in [1.29, 1.82) is 0 Å². The van der Waals surface area contributed by atoms with Crippen LogP contribution >= 0.6 is 11.6 Å². The Morgan fingerprint density at radius 3 is 2.40 bits per heavy atom. The number of nitrogens with zero attached hydrogens (tertiary/aromatic N) is 1. The summed E-state index contributed by atoms with van der Waals surface area (Å²) in [5.41, 5.74) is 2.10. The standard InChI is InChI=1S/C23H18ClF3N2O/c1-13-10-21(28-17-6-3-15(25)4-7-17)18-12-16(26)5-9-22(18)29(13)23(30)14-2-8-20(27)19(24)11-14/h2-9,11-13,21,28H,10H2,1H3/t13-,21+/m0/s1. The second-order valence-electron chi connectivity index (χ2n) is 7.30. The summed E-state index contributed by atoms with van der Waals surface area (Å²) in [6.07, 6.45) is 0.495. The monoisotopic (exact) mass is 430 g/mol. The molecule has 3 aromatic rings.